The van der Waals surface area contributed by atoms with Gasteiger partial charge in [-0.1, -0.05) is 19.9 Å². The Labute approximate surface area is 60.7 Å². The van der Waals surface area contributed by atoms with E-state index >= 15 is 0 Å². The molecule has 0 aromatic carbocycles. The van der Waals surface area contributed by atoms with E-state index in [9.17, 15) is 5.21 Å². The maximum atomic E-state index is 11.0. The minimum Gasteiger partial charge on any atom is -0.618 e. The first-order valence-corrected chi connectivity index (χ1v) is 3.40. The van der Waals surface area contributed by atoms with Crippen LogP contribution in [-0.2, 0) is 0 Å². The molecule has 0 aliphatic carbocycles. The Balaban J connectivity index is 3.03. The molecule has 2 nitrogen and oxygen atoms in total. The van der Waals surface area contributed by atoms with Gasteiger partial charge in [-0.25, -0.2) is 0 Å². The third-order valence-electron chi connectivity index (χ3n) is 1.45. The van der Waals surface area contributed by atoms with Crippen molar-refractivity contribution >= 4 is 0 Å². The fourth-order valence-electron chi connectivity index (χ4n) is 0.888. The van der Waals surface area contributed by atoms with Crippen LogP contribution in [0.25, 0.3) is 0 Å². The Kier molecular flexibility index (Phi) is 1.90. The van der Waals surface area contributed by atoms with Crippen molar-refractivity contribution < 1.29 is 4.73 Å². The zero-order valence-electron chi connectivity index (χ0n) is 6.24. The Hall–Kier alpha value is -1.05. The summed E-state index contributed by atoms with van der Waals surface area (Å²) in [4.78, 5) is 0. The normalized spacial score (nSPS) is 10.3. The molecule has 0 aliphatic heterocycles. The summed E-state index contributed by atoms with van der Waals surface area (Å²) < 4.78 is 0.907. The Bertz CT molecular complexity index is 220. The second-order valence-electron chi connectivity index (χ2n) is 2.61. The van der Waals surface area contributed by atoms with Gasteiger partial charge in [0.15, 0.2) is 11.9 Å². The molecule has 10 heavy (non-hydrogen) atoms. The molecule has 0 aliphatic rings. The molecule has 2 heteroatoms. The number of rotatable bonds is 1. The summed E-state index contributed by atoms with van der Waals surface area (Å²) in [7, 11) is 0. The lowest BCUT2D eigenvalue weighted by molar-refractivity contribution is -0.615. The molecule has 54 valence electrons. The van der Waals surface area contributed by atoms with Crippen molar-refractivity contribution in [1.29, 1.82) is 0 Å². The number of nitrogens with zero attached hydrogens (tertiary/aromatic N) is 1. The molecule has 0 atom stereocenters. The predicted octanol–water partition coefficient (Wildman–Crippen LogP) is 1.44. The smallest absolute Gasteiger partial charge is 0.195 e. The van der Waals surface area contributed by atoms with Crippen LogP contribution in [0.2, 0.25) is 0 Å². The topological polar surface area (TPSA) is 26.9 Å². The van der Waals surface area contributed by atoms with Gasteiger partial charge in [-0.15, -0.1) is 0 Å². The lowest BCUT2D eigenvalue weighted by atomic mass is 10.1. The van der Waals surface area contributed by atoms with E-state index in [0.29, 0.717) is 5.92 Å². The highest BCUT2D eigenvalue weighted by Crippen LogP contribution is 2.06. The van der Waals surface area contributed by atoms with Crippen molar-refractivity contribution in [2.24, 2.45) is 0 Å². The molecule has 0 bridgehead atoms. The summed E-state index contributed by atoms with van der Waals surface area (Å²) in [5, 5.41) is 11.0. The van der Waals surface area contributed by atoms with Crippen molar-refractivity contribution in [1.82, 2.24) is 0 Å². The summed E-state index contributed by atoms with van der Waals surface area (Å²) >= 11 is 0. The van der Waals surface area contributed by atoms with E-state index in [-0.39, 0.29) is 0 Å². The van der Waals surface area contributed by atoms with Crippen LogP contribution in [-0.4, -0.2) is 0 Å². The van der Waals surface area contributed by atoms with Crippen LogP contribution in [0, 0.1) is 5.21 Å². The van der Waals surface area contributed by atoms with Gasteiger partial charge in [0, 0.05) is 18.1 Å². The third-order valence-corrected chi connectivity index (χ3v) is 1.45. The molecule has 1 aromatic rings. The zero-order chi connectivity index (χ0) is 7.56. The van der Waals surface area contributed by atoms with Gasteiger partial charge < -0.3 is 5.21 Å². The SMILES string of the molecule is CC(C)c1cccc[n+]1[O-]. The first-order chi connectivity index (χ1) is 4.72. The molecule has 0 spiro atoms. The monoisotopic (exact) mass is 137 g/mol. The molecular formula is C8H11NO. The van der Waals surface area contributed by atoms with Crippen LogP contribution in [0.5, 0.6) is 0 Å². The van der Waals surface area contributed by atoms with Crippen LogP contribution < -0.4 is 4.73 Å². The van der Waals surface area contributed by atoms with E-state index in [1.165, 1.54) is 6.20 Å². The van der Waals surface area contributed by atoms with E-state index in [1.807, 2.05) is 26.0 Å². The second-order valence-corrected chi connectivity index (χ2v) is 2.61. The number of pyridine rings is 1. The van der Waals surface area contributed by atoms with E-state index in [2.05, 4.69) is 0 Å². The van der Waals surface area contributed by atoms with Crippen molar-refractivity contribution in [2.45, 2.75) is 19.8 Å². The Morgan fingerprint density at radius 1 is 1.40 bits per heavy atom. The minimum absolute atomic E-state index is 0.304. The van der Waals surface area contributed by atoms with E-state index in [0.717, 1.165) is 10.4 Å². The molecule has 0 saturated carbocycles. The maximum absolute atomic E-state index is 11.0. The predicted molar refractivity (Wildman–Crippen MR) is 39.5 cm³/mol. The van der Waals surface area contributed by atoms with Gasteiger partial charge in [-0.05, 0) is 0 Å². The van der Waals surface area contributed by atoms with Gasteiger partial charge >= 0.3 is 0 Å². The van der Waals surface area contributed by atoms with Gasteiger partial charge in [0.1, 0.15) is 0 Å². The molecule has 1 heterocycles. The molecule has 0 saturated heterocycles. The van der Waals surface area contributed by atoms with E-state index in [1.54, 1.807) is 6.07 Å². The average Bonchev–Trinajstić information content (AvgIpc) is 1.88. The van der Waals surface area contributed by atoms with Crippen LogP contribution in [0.1, 0.15) is 25.5 Å². The summed E-state index contributed by atoms with van der Waals surface area (Å²) in [5.74, 6) is 0.304. The lowest BCUT2D eigenvalue weighted by Gasteiger charge is -2.04. The largest absolute Gasteiger partial charge is 0.618 e. The van der Waals surface area contributed by atoms with Crippen molar-refractivity contribution in [3.05, 3.63) is 35.3 Å². The third kappa shape index (κ3) is 1.26. The summed E-state index contributed by atoms with van der Waals surface area (Å²) in [6.45, 7) is 4.01. The van der Waals surface area contributed by atoms with E-state index < -0.39 is 0 Å². The summed E-state index contributed by atoms with van der Waals surface area (Å²) in [5.41, 5.74) is 0.822. The quantitative estimate of drug-likeness (QED) is 0.425. The molecular weight excluding hydrogens is 126 g/mol. The standard InChI is InChI=1S/C8H11NO/c1-7(2)8-5-3-4-6-9(8)10/h3-7H,1-2H3. The number of hydrogen-bond acceptors (Lipinski definition) is 1. The molecule has 0 fully saturated rings. The molecule has 1 rings (SSSR count). The summed E-state index contributed by atoms with van der Waals surface area (Å²) in [6.07, 6.45) is 1.52. The van der Waals surface area contributed by atoms with Crippen LogP contribution >= 0.6 is 0 Å². The minimum atomic E-state index is 0.304. The Morgan fingerprint density at radius 3 is 2.50 bits per heavy atom. The van der Waals surface area contributed by atoms with Gasteiger partial charge in [0.05, 0.1) is 0 Å². The van der Waals surface area contributed by atoms with Crippen LogP contribution in [0.4, 0.5) is 0 Å². The number of hydrogen-bond donors (Lipinski definition) is 0. The molecule has 0 amide bonds. The van der Waals surface area contributed by atoms with Crippen LogP contribution in [0.15, 0.2) is 24.4 Å². The van der Waals surface area contributed by atoms with Gasteiger partial charge in [-0.2, -0.15) is 4.73 Å². The molecule has 0 unspecified atom stereocenters. The van der Waals surface area contributed by atoms with Crippen LogP contribution in [0.3, 0.4) is 0 Å². The first-order valence-electron chi connectivity index (χ1n) is 3.40. The van der Waals surface area contributed by atoms with Gasteiger partial charge in [0.25, 0.3) is 0 Å². The highest BCUT2D eigenvalue weighted by Gasteiger charge is 2.06. The lowest BCUT2D eigenvalue weighted by Crippen LogP contribution is -2.31. The highest BCUT2D eigenvalue weighted by atomic mass is 16.5. The summed E-state index contributed by atoms with van der Waals surface area (Å²) in [6, 6.07) is 5.46. The fraction of sp³-hybridized carbons (Fsp3) is 0.375. The fourth-order valence-corrected chi connectivity index (χ4v) is 0.888. The zero-order valence-corrected chi connectivity index (χ0v) is 6.24. The van der Waals surface area contributed by atoms with Gasteiger partial charge in [0.2, 0.25) is 0 Å². The van der Waals surface area contributed by atoms with Crippen molar-refractivity contribution in [2.75, 3.05) is 0 Å². The maximum Gasteiger partial charge on any atom is 0.195 e. The molecule has 1 aromatic heterocycles. The number of aromatic nitrogens is 1. The van der Waals surface area contributed by atoms with Crippen molar-refractivity contribution in [3.63, 3.8) is 0 Å². The highest BCUT2D eigenvalue weighted by molar-refractivity contribution is 5.01. The molecule has 0 N–H and O–H groups in total. The van der Waals surface area contributed by atoms with Crippen molar-refractivity contribution in [3.8, 4) is 0 Å². The average molecular weight is 137 g/mol. The van der Waals surface area contributed by atoms with E-state index in [4.69, 9.17) is 0 Å². The second kappa shape index (κ2) is 2.69. The molecule has 0 radical (unpaired) electrons. The van der Waals surface area contributed by atoms with Gasteiger partial charge in [-0.3, -0.25) is 0 Å². The first kappa shape index (κ1) is 7.06. The Morgan fingerprint density at radius 2 is 2.10 bits per heavy atom.